The molecule has 20 heavy (non-hydrogen) atoms. The zero-order valence-electron chi connectivity index (χ0n) is 12.6. The van der Waals surface area contributed by atoms with Crippen LogP contribution in [0.15, 0.2) is 12.1 Å². The molecule has 1 aliphatic heterocycles. The first-order chi connectivity index (χ1) is 9.45. The molecule has 4 heteroatoms. The molecule has 0 atom stereocenters. The lowest BCUT2D eigenvalue weighted by Crippen LogP contribution is -2.43. The molecule has 1 fully saturated rings. The summed E-state index contributed by atoms with van der Waals surface area (Å²) in [6.07, 6.45) is 2.02. The minimum absolute atomic E-state index is 0.0632. The van der Waals surface area contributed by atoms with Crippen molar-refractivity contribution in [2.45, 2.75) is 46.2 Å². The maximum absolute atomic E-state index is 11.0. The Hall–Kier alpha value is -1.55. The second-order valence-corrected chi connectivity index (χ2v) is 5.83. The van der Waals surface area contributed by atoms with E-state index in [0.717, 1.165) is 43.6 Å². The molecule has 0 aliphatic carbocycles. The molecule has 1 aliphatic rings. The van der Waals surface area contributed by atoms with Crippen LogP contribution in [0, 0.1) is 13.8 Å². The molecule has 0 aromatic heterocycles. The molecule has 110 valence electrons. The van der Waals surface area contributed by atoms with Gasteiger partial charge >= 0.3 is 0 Å². The zero-order valence-corrected chi connectivity index (χ0v) is 12.6. The molecule has 2 rings (SSSR count). The largest absolute Gasteiger partial charge is 0.507 e. The van der Waals surface area contributed by atoms with E-state index in [1.807, 2.05) is 13.8 Å². The zero-order chi connectivity index (χ0) is 14.7. The van der Waals surface area contributed by atoms with E-state index in [-0.39, 0.29) is 5.91 Å². The Balaban J connectivity index is 1.91. The van der Waals surface area contributed by atoms with E-state index in [0.29, 0.717) is 11.8 Å². The monoisotopic (exact) mass is 276 g/mol. The van der Waals surface area contributed by atoms with Crippen LogP contribution in [-0.2, 0) is 11.3 Å². The molecule has 4 nitrogen and oxygen atoms in total. The molecule has 1 amide bonds. The molecule has 0 unspecified atom stereocenters. The summed E-state index contributed by atoms with van der Waals surface area (Å²) in [5.41, 5.74) is 3.12. The van der Waals surface area contributed by atoms with Gasteiger partial charge in [-0.25, -0.2) is 0 Å². The summed E-state index contributed by atoms with van der Waals surface area (Å²) in [6, 6.07) is 4.44. The van der Waals surface area contributed by atoms with Crippen molar-refractivity contribution in [3.63, 3.8) is 0 Å². The van der Waals surface area contributed by atoms with Crippen molar-refractivity contribution < 1.29 is 9.90 Å². The van der Waals surface area contributed by atoms with Gasteiger partial charge in [0.1, 0.15) is 5.75 Å². The van der Waals surface area contributed by atoms with E-state index in [4.69, 9.17) is 0 Å². The highest BCUT2D eigenvalue weighted by Gasteiger charge is 2.19. The SMILES string of the molecule is CC(=O)NC1CCN(Cc2cc(C)c(O)c(C)c2)CC1. The smallest absolute Gasteiger partial charge is 0.217 e. The van der Waals surface area contributed by atoms with Crippen molar-refractivity contribution in [3.05, 3.63) is 28.8 Å². The Labute approximate surface area is 120 Å². The third kappa shape index (κ3) is 3.73. The minimum atomic E-state index is 0.0632. The number of carbonyl (C=O) groups is 1. The van der Waals surface area contributed by atoms with Gasteiger partial charge in [-0.05, 0) is 43.4 Å². The third-order valence-corrected chi connectivity index (χ3v) is 3.95. The van der Waals surface area contributed by atoms with Crippen molar-refractivity contribution in [2.24, 2.45) is 0 Å². The number of aromatic hydroxyl groups is 1. The Morgan fingerprint density at radius 2 is 1.85 bits per heavy atom. The lowest BCUT2D eigenvalue weighted by molar-refractivity contribution is -0.119. The van der Waals surface area contributed by atoms with Crippen LogP contribution in [0.3, 0.4) is 0 Å². The van der Waals surface area contributed by atoms with Crippen molar-refractivity contribution in [2.75, 3.05) is 13.1 Å². The molecule has 1 saturated heterocycles. The summed E-state index contributed by atoms with van der Waals surface area (Å²) >= 11 is 0. The number of rotatable bonds is 3. The molecule has 1 heterocycles. The van der Waals surface area contributed by atoms with Crippen molar-refractivity contribution in [3.8, 4) is 5.75 Å². The first-order valence-electron chi connectivity index (χ1n) is 7.24. The van der Waals surface area contributed by atoms with Crippen LogP contribution in [0.5, 0.6) is 5.75 Å². The van der Waals surface area contributed by atoms with E-state index >= 15 is 0 Å². The van der Waals surface area contributed by atoms with E-state index in [1.54, 1.807) is 6.92 Å². The maximum Gasteiger partial charge on any atom is 0.217 e. The van der Waals surface area contributed by atoms with Crippen LogP contribution in [0.1, 0.15) is 36.5 Å². The van der Waals surface area contributed by atoms with E-state index in [1.165, 1.54) is 5.56 Å². The van der Waals surface area contributed by atoms with Crippen LogP contribution in [0.2, 0.25) is 0 Å². The van der Waals surface area contributed by atoms with Crippen molar-refractivity contribution >= 4 is 5.91 Å². The van der Waals surface area contributed by atoms with Crippen molar-refractivity contribution in [1.82, 2.24) is 10.2 Å². The summed E-state index contributed by atoms with van der Waals surface area (Å²) in [6.45, 7) is 8.38. The predicted molar refractivity (Wildman–Crippen MR) is 79.7 cm³/mol. The van der Waals surface area contributed by atoms with Gasteiger partial charge in [-0.15, -0.1) is 0 Å². The van der Waals surface area contributed by atoms with E-state index in [2.05, 4.69) is 22.3 Å². The summed E-state index contributed by atoms with van der Waals surface area (Å²) < 4.78 is 0. The average molecular weight is 276 g/mol. The lowest BCUT2D eigenvalue weighted by atomic mass is 10.0. The van der Waals surface area contributed by atoms with Gasteiger partial charge in [0, 0.05) is 32.6 Å². The van der Waals surface area contributed by atoms with E-state index < -0.39 is 0 Å². The Morgan fingerprint density at radius 3 is 2.35 bits per heavy atom. The number of phenolic OH excluding ortho intramolecular Hbond substituents is 1. The molecule has 1 aromatic rings. The highest BCUT2D eigenvalue weighted by atomic mass is 16.3. The molecular weight excluding hydrogens is 252 g/mol. The highest BCUT2D eigenvalue weighted by molar-refractivity contribution is 5.73. The molecule has 2 N–H and O–H groups in total. The van der Waals surface area contributed by atoms with Gasteiger partial charge < -0.3 is 10.4 Å². The van der Waals surface area contributed by atoms with Gasteiger partial charge in [0.2, 0.25) is 5.91 Å². The molecular formula is C16H24N2O2. The first kappa shape index (κ1) is 14.9. The molecule has 0 radical (unpaired) electrons. The number of benzene rings is 1. The number of aryl methyl sites for hydroxylation is 2. The number of hydrogen-bond acceptors (Lipinski definition) is 3. The number of amides is 1. The quantitative estimate of drug-likeness (QED) is 0.889. The average Bonchev–Trinajstić information content (AvgIpc) is 2.37. The number of carbonyl (C=O) groups excluding carboxylic acids is 1. The summed E-state index contributed by atoms with van der Waals surface area (Å²) in [5.74, 6) is 0.464. The number of likely N-dealkylation sites (tertiary alicyclic amines) is 1. The third-order valence-electron chi connectivity index (χ3n) is 3.95. The highest BCUT2D eigenvalue weighted by Crippen LogP contribution is 2.24. The predicted octanol–water partition coefficient (Wildman–Crippen LogP) is 2.11. The van der Waals surface area contributed by atoms with Gasteiger partial charge in [-0.1, -0.05) is 12.1 Å². The second kappa shape index (κ2) is 6.27. The summed E-state index contributed by atoms with van der Waals surface area (Å²) in [4.78, 5) is 13.4. The lowest BCUT2D eigenvalue weighted by Gasteiger charge is -2.32. The number of hydrogen-bond donors (Lipinski definition) is 2. The van der Waals surface area contributed by atoms with Gasteiger partial charge in [0.05, 0.1) is 0 Å². The summed E-state index contributed by atoms with van der Waals surface area (Å²) in [7, 11) is 0. The normalized spacial score (nSPS) is 17.1. The molecule has 0 saturated carbocycles. The minimum Gasteiger partial charge on any atom is -0.507 e. The molecule has 0 spiro atoms. The number of phenols is 1. The van der Waals surface area contributed by atoms with Crippen LogP contribution >= 0.6 is 0 Å². The Bertz CT molecular complexity index is 468. The van der Waals surface area contributed by atoms with Gasteiger partial charge in [-0.3, -0.25) is 9.69 Å². The van der Waals surface area contributed by atoms with E-state index in [9.17, 15) is 9.90 Å². The fourth-order valence-electron chi connectivity index (χ4n) is 2.92. The van der Waals surface area contributed by atoms with Gasteiger partial charge in [0.25, 0.3) is 0 Å². The number of piperidine rings is 1. The first-order valence-corrected chi connectivity index (χ1v) is 7.24. The van der Waals surface area contributed by atoms with Crippen LogP contribution in [0.4, 0.5) is 0 Å². The molecule has 1 aromatic carbocycles. The van der Waals surface area contributed by atoms with Gasteiger partial charge in [0.15, 0.2) is 0 Å². The summed E-state index contributed by atoms with van der Waals surface area (Å²) in [5, 5.41) is 12.8. The topological polar surface area (TPSA) is 52.6 Å². The Morgan fingerprint density at radius 1 is 1.30 bits per heavy atom. The fraction of sp³-hybridized carbons (Fsp3) is 0.562. The van der Waals surface area contributed by atoms with Gasteiger partial charge in [-0.2, -0.15) is 0 Å². The van der Waals surface area contributed by atoms with Crippen LogP contribution in [0.25, 0.3) is 0 Å². The fourth-order valence-corrected chi connectivity index (χ4v) is 2.92. The number of nitrogens with one attached hydrogen (secondary N) is 1. The number of nitrogens with zero attached hydrogens (tertiary/aromatic N) is 1. The molecule has 0 bridgehead atoms. The Kier molecular flexibility index (Phi) is 4.65. The maximum atomic E-state index is 11.0. The van der Waals surface area contributed by atoms with Crippen LogP contribution < -0.4 is 5.32 Å². The van der Waals surface area contributed by atoms with Crippen LogP contribution in [-0.4, -0.2) is 35.0 Å². The standard InChI is InChI=1S/C16H24N2O2/c1-11-8-14(9-12(2)16(11)20)10-18-6-4-15(5-7-18)17-13(3)19/h8-9,15,20H,4-7,10H2,1-3H3,(H,17,19). The second-order valence-electron chi connectivity index (χ2n) is 5.83. The van der Waals surface area contributed by atoms with Crippen molar-refractivity contribution in [1.29, 1.82) is 0 Å².